The van der Waals surface area contributed by atoms with Crippen molar-refractivity contribution in [3.63, 3.8) is 0 Å². The van der Waals surface area contributed by atoms with Crippen molar-refractivity contribution >= 4 is 9.84 Å². The van der Waals surface area contributed by atoms with Crippen LogP contribution in [0.25, 0.3) is 0 Å². The van der Waals surface area contributed by atoms with Crippen LogP contribution in [0, 0.1) is 0 Å². The van der Waals surface area contributed by atoms with E-state index < -0.39 is 14.6 Å². The van der Waals surface area contributed by atoms with Gasteiger partial charge in [-0.2, -0.15) is 0 Å². The fourth-order valence-electron chi connectivity index (χ4n) is 1.65. The molecule has 1 rings (SSSR count). The Morgan fingerprint density at radius 2 is 2.00 bits per heavy atom. The Hall–Kier alpha value is -0.810. The van der Waals surface area contributed by atoms with Crippen molar-refractivity contribution in [3.05, 3.63) is 24.0 Å². The molecule has 0 saturated heterocycles. The van der Waals surface area contributed by atoms with Crippen LogP contribution in [0.5, 0.6) is 0 Å². The molecule has 1 atom stereocenters. The van der Waals surface area contributed by atoms with Crippen molar-refractivity contribution in [2.45, 2.75) is 51.4 Å². The van der Waals surface area contributed by atoms with Gasteiger partial charge >= 0.3 is 0 Å². The second-order valence-electron chi connectivity index (χ2n) is 5.87. The van der Waals surface area contributed by atoms with Gasteiger partial charge in [-0.3, -0.25) is 0 Å². The highest BCUT2D eigenvalue weighted by molar-refractivity contribution is 7.92. The molecule has 104 valence electrons. The highest BCUT2D eigenvalue weighted by Crippen LogP contribution is 2.16. The number of aryl methyl sites for hydroxylation is 1. The number of sulfone groups is 1. The molecule has 0 aromatic carbocycles. The Morgan fingerprint density at radius 3 is 2.50 bits per heavy atom. The minimum Gasteiger partial charge on any atom is -0.353 e. The number of aromatic nitrogens is 1. The zero-order chi connectivity index (χ0) is 14.0. The van der Waals surface area contributed by atoms with Gasteiger partial charge in [0.2, 0.25) is 0 Å². The lowest BCUT2D eigenvalue weighted by Gasteiger charge is -2.19. The standard InChI is InChI=1S/C13H24N2O2S/c1-11(14)9-12-5-6-15(10-12)7-8-18(16,17)13(2,3)4/h5-6,10-11H,7-9,14H2,1-4H3. The first-order valence-electron chi connectivity index (χ1n) is 6.24. The molecule has 1 heterocycles. The molecular formula is C13H24N2O2S. The Labute approximate surface area is 110 Å². The Balaban J connectivity index is 2.62. The van der Waals surface area contributed by atoms with Gasteiger partial charge in [0.1, 0.15) is 0 Å². The number of nitrogens with two attached hydrogens (primary N) is 1. The van der Waals surface area contributed by atoms with E-state index in [-0.39, 0.29) is 11.8 Å². The first-order chi connectivity index (χ1) is 8.12. The van der Waals surface area contributed by atoms with Gasteiger partial charge in [0.25, 0.3) is 0 Å². The van der Waals surface area contributed by atoms with E-state index in [0.717, 1.165) is 12.0 Å². The molecular weight excluding hydrogens is 248 g/mol. The van der Waals surface area contributed by atoms with E-state index in [4.69, 9.17) is 5.73 Å². The third-order valence-electron chi connectivity index (χ3n) is 2.92. The average molecular weight is 272 g/mol. The maximum atomic E-state index is 12.0. The molecule has 0 saturated carbocycles. The summed E-state index contributed by atoms with van der Waals surface area (Å²) in [5, 5.41) is 0. The fourth-order valence-corrected chi connectivity index (χ4v) is 2.72. The van der Waals surface area contributed by atoms with E-state index in [2.05, 4.69) is 0 Å². The van der Waals surface area contributed by atoms with Crippen LogP contribution in [0.4, 0.5) is 0 Å². The zero-order valence-corrected chi connectivity index (χ0v) is 12.5. The summed E-state index contributed by atoms with van der Waals surface area (Å²) in [6.07, 6.45) is 4.70. The molecule has 1 aromatic heterocycles. The van der Waals surface area contributed by atoms with Gasteiger partial charge in [0.05, 0.1) is 10.5 Å². The number of nitrogens with zero attached hydrogens (tertiary/aromatic N) is 1. The van der Waals surface area contributed by atoms with E-state index in [9.17, 15) is 8.42 Å². The molecule has 0 aliphatic rings. The monoisotopic (exact) mass is 272 g/mol. The van der Waals surface area contributed by atoms with Gasteiger partial charge < -0.3 is 10.3 Å². The summed E-state index contributed by atoms with van der Waals surface area (Å²) in [6, 6.07) is 2.12. The molecule has 1 aromatic rings. The van der Waals surface area contributed by atoms with Crippen molar-refractivity contribution in [2.24, 2.45) is 5.73 Å². The van der Waals surface area contributed by atoms with Crippen LogP contribution in [0.1, 0.15) is 33.3 Å². The highest BCUT2D eigenvalue weighted by atomic mass is 32.2. The molecule has 2 N–H and O–H groups in total. The number of hydrogen-bond donors (Lipinski definition) is 1. The molecule has 0 aliphatic heterocycles. The third kappa shape index (κ3) is 4.14. The van der Waals surface area contributed by atoms with Gasteiger partial charge in [-0.25, -0.2) is 8.42 Å². The summed E-state index contributed by atoms with van der Waals surface area (Å²) in [4.78, 5) is 0. The lowest BCUT2D eigenvalue weighted by molar-refractivity contribution is 0.554. The Bertz CT molecular complexity index is 481. The minimum atomic E-state index is -3.06. The molecule has 18 heavy (non-hydrogen) atoms. The predicted octanol–water partition coefficient (Wildman–Crippen LogP) is 1.59. The van der Waals surface area contributed by atoms with E-state index in [1.165, 1.54) is 0 Å². The summed E-state index contributed by atoms with van der Waals surface area (Å²) in [6.45, 7) is 7.67. The molecule has 0 fully saturated rings. The van der Waals surface area contributed by atoms with E-state index in [1.54, 1.807) is 20.8 Å². The quantitative estimate of drug-likeness (QED) is 0.885. The first-order valence-corrected chi connectivity index (χ1v) is 7.89. The lowest BCUT2D eigenvalue weighted by atomic mass is 10.1. The van der Waals surface area contributed by atoms with Crippen LogP contribution in [-0.4, -0.2) is 29.5 Å². The van der Waals surface area contributed by atoms with Crippen LogP contribution in [0.3, 0.4) is 0 Å². The van der Waals surface area contributed by atoms with Crippen molar-refractivity contribution in [2.75, 3.05) is 5.75 Å². The summed E-state index contributed by atoms with van der Waals surface area (Å²) >= 11 is 0. The number of hydrogen-bond acceptors (Lipinski definition) is 3. The molecule has 0 radical (unpaired) electrons. The second-order valence-corrected chi connectivity index (χ2v) is 8.73. The maximum absolute atomic E-state index is 12.0. The van der Waals surface area contributed by atoms with Crippen LogP contribution >= 0.6 is 0 Å². The van der Waals surface area contributed by atoms with E-state index in [0.29, 0.717) is 6.54 Å². The van der Waals surface area contributed by atoms with Crippen LogP contribution in [0.2, 0.25) is 0 Å². The first kappa shape index (κ1) is 15.2. The second kappa shape index (κ2) is 5.45. The molecule has 0 bridgehead atoms. The molecule has 0 amide bonds. The Kier molecular flexibility index (Phi) is 4.61. The van der Waals surface area contributed by atoms with Gasteiger partial charge in [0.15, 0.2) is 9.84 Å². The smallest absolute Gasteiger partial charge is 0.156 e. The summed E-state index contributed by atoms with van der Waals surface area (Å²) in [5.74, 6) is 0.169. The van der Waals surface area contributed by atoms with Crippen molar-refractivity contribution in [1.29, 1.82) is 0 Å². The zero-order valence-electron chi connectivity index (χ0n) is 11.7. The average Bonchev–Trinajstić information content (AvgIpc) is 2.60. The Morgan fingerprint density at radius 1 is 1.39 bits per heavy atom. The minimum absolute atomic E-state index is 0.124. The van der Waals surface area contributed by atoms with E-state index >= 15 is 0 Å². The highest BCUT2D eigenvalue weighted by Gasteiger charge is 2.28. The molecule has 0 aliphatic carbocycles. The normalized spacial score (nSPS) is 14.7. The van der Waals surface area contributed by atoms with Crippen molar-refractivity contribution in [1.82, 2.24) is 4.57 Å². The molecule has 5 heteroatoms. The summed E-state index contributed by atoms with van der Waals surface area (Å²) in [7, 11) is -3.06. The summed E-state index contributed by atoms with van der Waals surface area (Å²) < 4.78 is 25.2. The van der Waals surface area contributed by atoms with Crippen LogP contribution in [-0.2, 0) is 22.8 Å². The topological polar surface area (TPSA) is 65.1 Å². The predicted molar refractivity (Wildman–Crippen MR) is 75.3 cm³/mol. The maximum Gasteiger partial charge on any atom is 0.156 e. The molecule has 1 unspecified atom stereocenters. The summed E-state index contributed by atoms with van der Waals surface area (Å²) in [5.41, 5.74) is 6.88. The van der Waals surface area contributed by atoms with Crippen molar-refractivity contribution < 1.29 is 8.42 Å². The van der Waals surface area contributed by atoms with Gasteiger partial charge in [0, 0.05) is 25.0 Å². The number of rotatable bonds is 5. The third-order valence-corrected chi connectivity index (χ3v) is 5.51. The SMILES string of the molecule is CC(N)Cc1ccn(CCS(=O)(=O)C(C)(C)C)c1. The van der Waals surface area contributed by atoms with Gasteiger partial charge in [-0.15, -0.1) is 0 Å². The van der Waals surface area contributed by atoms with E-state index in [1.807, 2.05) is 30.0 Å². The fraction of sp³-hybridized carbons (Fsp3) is 0.692. The van der Waals surface area contributed by atoms with Gasteiger partial charge in [-0.1, -0.05) is 0 Å². The van der Waals surface area contributed by atoms with Crippen LogP contribution in [0.15, 0.2) is 18.5 Å². The molecule has 0 spiro atoms. The largest absolute Gasteiger partial charge is 0.353 e. The van der Waals surface area contributed by atoms with Gasteiger partial charge in [-0.05, 0) is 45.7 Å². The van der Waals surface area contributed by atoms with Crippen LogP contribution < -0.4 is 5.73 Å². The lowest BCUT2D eigenvalue weighted by Crippen LogP contribution is -2.31. The molecule has 4 nitrogen and oxygen atoms in total. The van der Waals surface area contributed by atoms with Crippen molar-refractivity contribution in [3.8, 4) is 0 Å².